The van der Waals surface area contributed by atoms with E-state index in [1.165, 1.54) is 5.56 Å². The zero-order valence-corrected chi connectivity index (χ0v) is 25.3. The molecule has 0 aliphatic carbocycles. The van der Waals surface area contributed by atoms with Gasteiger partial charge in [-0.05, 0) is 82.0 Å². The fourth-order valence-electron chi connectivity index (χ4n) is 5.77. The van der Waals surface area contributed by atoms with E-state index >= 15 is 0 Å². The van der Waals surface area contributed by atoms with E-state index in [1.807, 2.05) is 50.5 Å². The largest absolute Gasteiger partial charge is 0.464 e. The number of carbonyl (C=O) groups is 2. The number of carbonyl (C=O) groups excluding carboxylic acids is 2. The van der Waals surface area contributed by atoms with E-state index in [4.69, 9.17) is 4.42 Å². The van der Waals surface area contributed by atoms with Gasteiger partial charge in [-0.25, -0.2) is 0 Å². The smallest absolute Gasteiger partial charge is 0.261 e. The molecule has 0 N–H and O–H groups in total. The highest BCUT2D eigenvalue weighted by Crippen LogP contribution is 2.38. The van der Waals surface area contributed by atoms with Gasteiger partial charge in [-0.15, -0.1) is 0 Å². The molecule has 0 radical (unpaired) electrons. The quantitative estimate of drug-likeness (QED) is 0.271. The summed E-state index contributed by atoms with van der Waals surface area (Å²) in [5.41, 5.74) is 5.22. The Morgan fingerprint density at radius 2 is 1.76 bits per heavy atom. The van der Waals surface area contributed by atoms with E-state index < -0.39 is 5.41 Å². The Morgan fingerprint density at radius 3 is 2.50 bits per heavy atom. The van der Waals surface area contributed by atoms with Crippen LogP contribution < -0.4 is 15.4 Å². The molecule has 3 aromatic heterocycles. The minimum atomic E-state index is -1.14. The summed E-state index contributed by atoms with van der Waals surface area (Å²) in [6.07, 6.45) is 7.85. The van der Waals surface area contributed by atoms with E-state index in [9.17, 15) is 14.4 Å². The molecule has 9 nitrogen and oxygen atoms in total. The van der Waals surface area contributed by atoms with Crippen LogP contribution in [0.3, 0.4) is 0 Å². The number of hydrogen-bond acceptors (Lipinski definition) is 6. The number of amides is 2. The van der Waals surface area contributed by atoms with Crippen LogP contribution in [0, 0.1) is 19.3 Å². The molecule has 0 atom stereocenters. The lowest BCUT2D eigenvalue weighted by atomic mass is 9.90. The molecular weight excluding hydrogens is 530 g/mol. The van der Waals surface area contributed by atoms with E-state index in [0.29, 0.717) is 37.1 Å². The number of fused-ring (bicyclic) bond motifs is 2. The van der Waals surface area contributed by atoms with E-state index in [2.05, 4.69) is 16.8 Å². The standard InChI is InChI=1S/C33H39N5O4/c1-7-38-27-9-8-24(18-28(27)35(6)31(40)33(4,5)32(38)41)11-14-36(21-25-19-34-13-10-22(25)2)15-16-37-20-23(3)29-26(30(37)39)12-17-42-29/h8-10,12-13,17-20H,7,11,14-16,21H2,1-6H3. The molecule has 0 saturated carbocycles. The fraction of sp³-hybridized carbons (Fsp3) is 0.394. The van der Waals surface area contributed by atoms with Gasteiger partial charge in [0.2, 0.25) is 11.8 Å². The molecule has 4 heterocycles. The first-order chi connectivity index (χ1) is 20.0. The zero-order valence-electron chi connectivity index (χ0n) is 25.3. The van der Waals surface area contributed by atoms with Crippen molar-refractivity contribution in [3.8, 4) is 0 Å². The minimum Gasteiger partial charge on any atom is -0.464 e. The van der Waals surface area contributed by atoms with Crippen LogP contribution in [0.4, 0.5) is 11.4 Å². The van der Waals surface area contributed by atoms with E-state index in [-0.39, 0.29) is 17.4 Å². The zero-order chi connectivity index (χ0) is 30.2. The molecular formula is C33H39N5O4. The highest BCUT2D eigenvalue weighted by atomic mass is 16.3. The SMILES string of the molecule is CCN1C(=O)C(C)(C)C(=O)N(C)c2cc(CCN(CCn3cc(C)c4occc4c3=O)Cc3cnccc3C)ccc21. The predicted octanol–water partition coefficient (Wildman–Crippen LogP) is 4.71. The summed E-state index contributed by atoms with van der Waals surface area (Å²) in [5, 5.41) is 0.594. The van der Waals surface area contributed by atoms with Crippen molar-refractivity contribution in [1.82, 2.24) is 14.5 Å². The number of aryl methyl sites for hydroxylation is 2. The molecule has 0 fully saturated rings. The lowest BCUT2D eigenvalue weighted by Gasteiger charge is -2.27. The van der Waals surface area contributed by atoms with Crippen molar-refractivity contribution in [3.05, 3.63) is 87.8 Å². The molecule has 0 saturated heterocycles. The lowest BCUT2D eigenvalue weighted by Crippen LogP contribution is -2.47. The van der Waals surface area contributed by atoms with Crippen molar-refractivity contribution in [1.29, 1.82) is 0 Å². The van der Waals surface area contributed by atoms with Gasteiger partial charge >= 0.3 is 0 Å². The molecule has 1 aromatic carbocycles. The topological polar surface area (TPSA) is 91.9 Å². The Morgan fingerprint density at radius 1 is 0.976 bits per heavy atom. The van der Waals surface area contributed by atoms with Crippen LogP contribution in [-0.2, 0) is 29.1 Å². The second kappa shape index (κ2) is 11.6. The van der Waals surface area contributed by atoms with Gasteiger partial charge in [-0.3, -0.25) is 24.3 Å². The van der Waals surface area contributed by atoms with Crippen LogP contribution in [0.5, 0.6) is 0 Å². The highest BCUT2D eigenvalue weighted by Gasteiger charge is 2.45. The first kappa shape index (κ1) is 29.3. The van der Waals surface area contributed by atoms with Crippen LogP contribution >= 0.6 is 0 Å². The van der Waals surface area contributed by atoms with Gasteiger partial charge in [-0.2, -0.15) is 0 Å². The molecule has 1 aliphatic rings. The Balaban J connectivity index is 1.40. The number of furan rings is 1. The first-order valence-corrected chi connectivity index (χ1v) is 14.4. The maximum absolute atomic E-state index is 13.3. The van der Waals surface area contributed by atoms with Crippen molar-refractivity contribution in [2.75, 3.05) is 36.5 Å². The highest BCUT2D eigenvalue weighted by molar-refractivity contribution is 6.19. The Hall–Kier alpha value is -4.24. The van der Waals surface area contributed by atoms with Gasteiger partial charge in [-0.1, -0.05) is 6.07 Å². The lowest BCUT2D eigenvalue weighted by molar-refractivity contribution is -0.137. The monoisotopic (exact) mass is 569 g/mol. The third-order valence-corrected chi connectivity index (χ3v) is 8.41. The number of aromatic nitrogens is 2. The molecule has 0 unspecified atom stereocenters. The van der Waals surface area contributed by atoms with Gasteiger partial charge in [0.25, 0.3) is 5.56 Å². The summed E-state index contributed by atoms with van der Waals surface area (Å²) in [6, 6.07) is 9.76. The van der Waals surface area contributed by atoms with Crippen molar-refractivity contribution >= 4 is 34.2 Å². The number of anilines is 2. The van der Waals surface area contributed by atoms with Gasteiger partial charge in [0.15, 0.2) is 0 Å². The second-order valence-corrected chi connectivity index (χ2v) is 11.7. The van der Waals surface area contributed by atoms with E-state index in [0.717, 1.165) is 41.0 Å². The summed E-state index contributed by atoms with van der Waals surface area (Å²) in [6.45, 7) is 12.4. The van der Waals surface area contributed by atoms with Crippen molar-refractivity contribution in [2.24, 2.45) is 5.41 Å². The van der Waals surface area contributed by atoms with Gasteiger partial charge < -0.3 is 18.8 Å². The van der Waals surface area contributed by atoms with Crippen molar-refractivity contribution in [2.45, 2.75) is 54.1 Å². The third kappa shape index (κ3) is 5.36. The Kier molecular flexibility index (Phi) is 8.06. The van der Waals surface area contributed by atoms with Gasteiger partial charge in [0, 0.05) is 63.9 Å². The summed E-state index contributed by atoms with van der Waals surface area (Å²) in [5.74, 6) is -0.406. The molecule has 5 rings (SSSR count). The summed E-state index contributed by atoms with van der Waals surface area (Å²) in [4.78, 5) is 49.6. The van der Waals surface area contributed by atoms with Crippen LogP contribution in [0.2, 0.25) is 0 Å². The normalized spacial score (nSPS) is 15.0. The van der Waals surface area contributed by atoms with Crippen LogP contribution in [0.25, 0.3) is 11.0 Å². The fourth-order valence-corrected chi connectivity index (χ4v) is 5.77. The molecule has 0 bridgehead atoms. The average Bonchev–Trinajstić information content (AvgIpc) is 3.47. The number of rotatable bonds is 9. The minimum absolute atomic E-state index is 0.0572. The predicted molar refractivity (Wildman–Crippen MR) is 165 cm³/mol. The van der Waals surface area contributed by atoms with Crippen molar-refractivity contribution in [3.63, 3.8) is 0 Å². The number of nitrogens with zero attached hydrogens (tertiary/aromatic N) is 5. The molecule has 0 spiro atoms. The van der Waals surface area contributed by atoms with Gasteiger partial charge in [0.05, 0.1) is 23.0 Å². The Bertz CT molecular complexity index is 1700. The van der Waals surface area contributed by atoms with Crippen LogP contribution in [0.1, 0.15) is 43.0 Å². The maximum Gasteiger partial charge on any atom is 0.261 e. The second-order valence-electron chi connectivity index (χ2n) is 11.7. The number of hydrogen-bond donors (Lipinski definition) is 0. The maximum atomic E-state index is 13.3. The third-order valence-electron chi connectivity index (χ3n) is 8.41. The van der Waals surface area contributed by atoms with Gasteiger partial charge in [0.1, 0.15) is 11.0 Å². The average molecular weight is 570 g/mol. The number of benzene rings is 1. The molecule has 1 aliphatic heterocycles. The summed E-state index contributed by atoms with van der Waals surface area (Å²) in [7, 11) is 1.74. The van der Waals surface area contributed by atoms with Crippen LogP contribution in [-0.4, -0.2) is 52.9 Å². The van der Waals surface area contributed by atoms with Crippen molar-refractivity contribution < 1.29 is 14.0 Å². The summed E-state index contributed by atoms with van der Waals surface area (Å²) >= 11 is 0. The van der Waals surface area contributed by atoms with Crippen LogP contribution in [0.15, 0.2) is 64.4 Å². The number of pyridine rings is 2. The molecule has 2 amide bonds. The molecule has 9 heteroatoms. The summed E-state index contributed by atoms with van der Waals surface area (Å²) < 4.78 is 7.27. The Labute approximate surface area is 246 Å². The molecule has 4 aromatic rings. The first-order valence-electron chi connectivity index (χ1n) is 14.4. The molecule has 42 heavy (non-hydrogen) atoms. The van der Waals surface area contributed by atoms with E-state index in [1.54, 1.807) is 53.8 Å². The molecule has 220 valence electrons.